The molecule has 1 heterocycles. The van der Waals surface area contributed by atoms with Crippen LogP contribution in [-0.2, 0) is 10.2 Å². The van der Waals surface area contributed by atoms with E-state index in [1.165, 1.54) is 0 Å². The number of fused-ring (bicyclic) bond motifs is 1. The Balaban J connectivity index is 2.05. The van der Waals surface area contributed by atoms with Crippen molar-refractivity contribution in [2.24, 2.45) is 29.4 Å². The number of nitrogens with two attached hydrogens (primary N) is 1. The van der Waals surface area contributed by atoms with Crippen LogP contribution in [0.25, 0.3) is 0 Å². The predicted octanol–water partition coefficient (Wildman–Crippen LogP) is 2.29. The van der Waals surface area contributed by atoms with E-state index in [0.717, 1.165) is 25.7 Å². The fraction of sp³-hybridized carbons (Fsp3) is 1.00. The zero-order valence-corrected chi connectivity index (χ0v) is 16.1. The molecule has 3 unspecified atom stereocenters. The van der Waals surface area contributed by atoms with Crippen molar-refractivity contribution >= 4 is 10.2 Å². The molecule has 0 aromatic heterocycles. The van der Waals surface area contributed by atoms with Gasteiger partial charge in [0.05, 0.1) is 0 Å². The average Bonchev–Trinajstić information content (AvgIpc) is 3.01. The summed E-state index contributed by atoms with van der Waals surface area (Å²) >= 11 is 0. The molecule has 2 fully saturated rings. The highest BCUT2D eigenvalue weighted by molar-refractivity contribution is 7.86. The van der Waals surface area contributed by atoms with Gasteiger partial charge in [-0.1, -0.05) is 27.7 Å². The molecule has 1 saturated heterocycles. The average molecular weight is 346 g/mol. The highest BCUT2D eigenvalue weighted by atomic mass is 32.2. The van der Waals surface area contributed by atoms with Crippen molar-refractivity contribution in [1.29, 1.82) is 0 Å². The van der Waals surface area contributed by atoms with Gasteiger partial charge in [0.2, 0.25) is 0 Å². The van der Waals surface area contributed by atoms with Gasteiger partial charge >= 0.3 is 0 Å². The lowest BCUT2D eigenvalue weighted by Gasteiger charge is -2.29. The maximum Gasteiger partial charge on any atom is 0.281 e. The van der Waals surface area contributed by atoms with Crippen LogP contribution in [0.1, 0.15) is 53.4 Å². The third-order valence-electron chi connectivity index (χ3n) is 5.44. The fourth-order valence-corrected chi connectivity index (χ4v) is 5.50. The van der Waals surface area contributed by atoms with E-state index in [-0.39, 0.29) is 6.04 Å². The topological polar surface area (TPSA) is 66.6 Å². The molecular formula is C17H35N3O2S. The van der Waals surface area contributed by atoms with Gasteiger partial charge in [0.25, 0.3) is 10.2 Å². The van der Waals surface area contributed by atoms with E-state index in [0.29, 0.717) is 49.9 Å². The Morgan fingerprint density at radius 1 is 1.04 bits per heavy atom. The van der Waals surface area contributed by atoms with Crippen LogP contribution in [0.5, 0.6) is 0 Å². The van der Waals surface area contributed by atoms with E-state index in [1.54, 1.807) is 8.61 Å². The van der Waals surface area contributed by atoms with Crippen LogP contribution in [0.15, 0.2) is 0 Å². The third kappa shape index (κ3) is 4.68. The second-order valence-electron chi connectivity index (χ2n) is 8.25. The van der Waals surface area contributed by atoms with Crippen molar-refractivity contribution in [2.75, 3.05) is 26.2 Å². The van der Waals surface area contributed by atoms with Crippen LogP contribution in [0, 0.1) is 23.7 Å². The van der Waals surface area contributed by atoms with Crippen LogP contribution < -0.4 is 5.73 Å². The van der Waals surface area contributed by atoms with Crippen molar-refractivity contribution in [2.45, 2.75) is 59.4 Å². The first kappa shape index (κ1) is 19.2. The van der Waals surface area contributed by atoms with E-state index in [2.05, 4.69) is 27.7 Å². The minimum Gasteiger partial charge on any atom is -0.327 e. The Bertz CT molecular complexity index is 466. The molecule has 2 rings (SSSR count). The lowest BCUT2D eigenvalue weighted by Crippen LogP contribution is -2.45. The van der Waals surface area contributed by atoms with Crippen molar-refractivity contribution < 1.29 is 8.42 Å². The fourth-order valence-electron chi connectivity index (χ4n) is 3.77. The van der Waals surface area contributed by atoms with Gasteiger partial charge in [0.15, 0.2) is 0 Å². The molecule has 0 bridgehead atoms. The molecule has 1 aliphatic heterocycles. The Labute approximate surface area is 142 Å². The highest BCUT2D eigenvalue weighted by Gasteiger charge is 2.46. The summed E-state index contributed by atoms with van der Waals surface area (Å²) < 4.78 is 29.6. The summed E-state index contributed by atoms with van der Waals surface area (Å²) in [5, 5.41) is 0. The van der Waals surface area contributed by atoms with Gasteiger partial charge in [-0.2, -0.15) is 17.0 Å². The van der Waals surface area contributed by atoms with E-state index in [1.807, 2.05) is 0 Å². The van der Waals surface area contributed by atoms with Gasteiger partial charge in [-0.05, 0) is 49.4 Å². The molecule has 0 spiro atoms. The molecule has 0 aromatic carbocycles. The van der Waals surface area contributed by atoms with E-state index < -0.39 is 10.2 Å². The number of hydrogen-bond acceptors (Lipinski definition) is 3. The Morgan fingerprint density at radius 2 is 1.61 bits per heavy atom. The van der Waals surface area contributed by atoms with Gasteiger partial charge in [-0.3, -0.25) is 0 Å². The lowest BCUT2D eigenvalue weighted by molar-refractivity contribution is 0.319. The van der Waals surface area contributed by atoms with Crippen LogP contribution in [0.4, 0.5) is 0 Å². The van der Waals surface area contributed by atoms with Crippen molar-refractivity contribution in [1.82, 2.24) is 8.61 Å². The number of nitrogens with zero attached hydrogens (tertiary/aromatic N) is 2. The zero-order chi connectivity index (χ0) is 17.2. The predicted molar refractivity (Wildman–Crippen MR) is 95.2 cm³/mol. The molecule has 23 heavy (non-hydrogen) atoms. The Morgan fingerprint density at radius 3 is 2.09 bits per heavy atom. The standard InChI is InChI=1S/C17H35N3O2S/c1-13(2)7-9-19(10-8-14(3)4)23(21,22)20-11-15-5-6-17(18)16(15)12-20/h13-17H,5-12,18H2,1-4H3. The quantitative estimate of drug-likeness (QED) is 0.734. The largest absolute Gasteiger partial charge is 0.327 e. The summed E-state index contributed by atoms with van der Waals surface area (Å²) in [6, 6.07) is 0.181. The highest BCUT2D eigenvalue weighted by Crippen LogP contribution is 2.38. The van der Waals surface area contributed by atoms with Crippen molar-refractivity contribution in [3.8, 4) is 0 Å². The molecule has 0 amide bonds. The summed E-state index contributed by atoms with van der Waals surface area (Å²) in [6.07, 6.45) is 3.96. The third-order valence-corrected chi connectivity index (χ3v) is 7.41. The smallest absolute Gasteiger partial charge is 0.281 e. The van der Waals surface area contributed by atoms with Crippen molar-refractivity contribution in [3.05, 3.63) is 0 Å². The Kier molecular flexibility index (Phi) is 6.50. The maximum atomic E-state index is 13.1. The first-order chi connectivity index (χ1) is 10.7. The first-order valence-electron chi connectivity index (χ1n) is 9.22. The SMILES string of the molecule is CC(C)CCN(CCC(C)C)S(=O)(=O)N1CC2CCC(N)C2C1. The summed E-state index contributed by atoms with van der Waals surface area (Å²) in [5.74, 6) is 1.86. The first-order valence-corrected chi connectivity index (χ1v) is 10.6. The second kappa shape index (κ2) is 7.81. The van der Waals surface area contributed by atoms with E-state index in [9.17, 15) is 8.42 Å². The normalized spacial score (nSPS) is 29.1. The minimum atomic E-state index is -3.35. The van der Waals surface area contributed by atoms with Gasteiger partial charge in [0.1, 0.15) is 0 Å². The summed E-state index contributed by atoms with van der Waals surface area (Å²) in [7, 11) is -3.35. The Hall–Kier alpha value is -0.170. The van der Waals surface area contributed by atoms with Crippen LogP contribution in [0.3, 0.4) is 0 Å². The lowest BCUT2D eigenvalue weighted by atomic mass is 9.98. The summed E-state index contributed by atoms with van der Waals surface area (Å²) in [4.78, 5) is 0. The maximum absolute atomic E-state index is 13.1. The van der Waals surface area contributed by atoms with Crippen molar-refractivity contribution in [3.63, 3.8) is 0 Å². The summed E-state index contributed by atoms with van der Waals surface area (Å²) in [6.45, 7) is 11.1. The van der Waals surface area contributed by atoms with Gasteiger partial charge in [-0.25, -0.2) is 0 Å². The van der Waals surface area contributed by atoms with Crippen LogP contribution in [0.2, 0.25) is 0 Å². The molecule has 2 aliphatic rings. The number of rotatable bonds is 8. The van der Waals surface area contributed by atoms with E-state index in [4.69, 9.17) is 5.73 Å². The molecule has 2 N–H and O–H groups in total. The molecular weight excluding hydrogens is 310 g/mol. The zero-order valence-electron chi connectivity index (χ0n) is 15.2. The van der Waals surface area contributed by atoms with Gasteiger partial charge in [0, 0.05) is 32.2 Å². The molecule has 1 saturated carbocycles. The molecule has 1 aliphatic carbocycles. The molecule has 136 valence electrons. The van der Waals surface area contributed by atoms with E-state index >= 15 is 0 Å². The molecule has 5 nitrogen and oxygen atoms in total. The van der Waals surface area contributed by atoms with Gasteiger partial charge in [-0.15, -0.1) is 0 Å². The second-order valence-corrected chi connectivity index (χ2v) is 10.2. The summed E-state index contributed by atoms with van der Waals surface area (Å²) in [5.41, 5.74) is 6.16. The molecule has 0 aromatic rings. The molecule has 6 heteroatoms. The van der Waals surface area contributed by atoms with Gasteiger partial charge < -0.3 is 5.73 Å². The molecule has 3 atom stereocenters. The monoisotopic (exact) mass is 345 g/mol. The number of hydrogen-bond donors (Lipinski definition) is 1. The molecule has 0 radical (unpaired) electrons. The minimum absolute atomic E-state index is 0.181. The van der Waals surface area contributed by atoms with Crippen LogP contribution in [-0.4, -0.2) is 49.2 Å². The van der Waals surface area contributed by atoms with Crippen LogP contribution >= 0.6 is 0 Å².